The van der Waals surface area contributed by atoms with Gasteiger partial charge in [-0.05, 0) is 89.9 Å². The number of hydrogen-bond acceptors (Lipinski definition) is 5. The normalized spacial score (nSPS) is 12.9. The van der Waals surface area contributed by atoms with E-state index in [0.717, 1.165) is 77.0 Å². The predicted molar refractivity (Wildman–Crippen MR) is 310 cm³/mol. The zero-order valence-electron chi connectivity index (χ0n) is 47.5. The van der Waals surface area contributed by atoms with Crippen molar-refractivity contribution in [3.8, 4) is 0 Å². The fraction of sp³-hybridized carbons (Fsp3) is 0.846. The highest BCUT2D eigenvalue weighted by Crippen LogP contribution is 2.17. The van der Waals surface area contributed by atoms with E-state index in [4.69, 9.17) is 4.74 Å². The maximum absolute atomic E-state index is 12.5. The summed E-state index contributed by atoms with van der Waals surface area (Å²) in [5.41, 5.74) is 0. The molecule has 0 radical (unpaired) electrons. The Hall–Kier alpha value is -2.18. The summed E-state index contributed by atoms with van der Waals surface area (Å²) in [4.78, 5) is 24.5. The molecule has 0 aromatic heterocycles. The summed E-state index contributed by atoms with van der Waals surface area (Å²) in [5.74, 6) is -0.0994. The number of carbonyl (C=O) groups excluding carboxylic acids is 2. The lowest BCUT2D eigenvalue weighted by Crippen LogP contribution is -2.45. The highest BCUT2D eigenvalue weighted by atomic mass is 16.5. The van der Waals surface area contributed by atoms with E-state index in [1.165, 1.54) is 225 Å². The van der Waals surface area contributed by atoms with E-state index in [9.17, 15) is 19.8 Å². The third kappa shape index (κ3) is 57.0. The van der Waals surface area contributed by atoms with Gasteiger partial charge in [0, 0.05) is 12.8 Å². The van der Waals surface area contributed by atoms with Crippen molar-refractivity contribution in [2.75, 3.05) is 13.2 Å². The lowest BCUT2D eigenvalue weighted by atomic mass is 10.0. The molecule has 0 bridgehead atoms. The fourth-order valence-corrected chi connectivity index (χ4v) is 9.50. The molecule has 0 aliphatic rings. The van der Waals surface area contributed by atoms with Crippen LogP contribution in [-0.2, 0) is 14.3 Å². The van der Waals surface area contributed by atoms with Gasteiger partial charge >= 0.3 is 5.97 Å². The van der Waals surface area contributed by atoms with Crippen LogP contribution in [0.2, 0.25) is 0 Å². The van der Waals surface area contributed by atoms with Gasteiger partial charge in [-0.2, -0.15) is 0 Å². The first-order valence-electron chi connectivity index (χ1n) is 31.4. The van der Waals surface area contributed by atoms with Crippen molar-refractivity contribution in [3.05, 3.63) is 48.6 Å². The molecule has 0 aliphatic carbocycles. The minimum atomic E-state index is -0.853. The largest absolute Gasteiger partial charge is 0.466 e. The molecule has 0 rings (SSSR count). The molecule has 0 aromatic rings. The number of amides is 1. The van der Waals surface area contributed by atoms with Gasteiger partial charge in [-0.1, -0.05) is 274 Å². The van der Waals surface area contributed by atoms with Crippen molar-refractivity contribution in [1.82, 2.24) is 5.32 Å². The molecule has 0 aliphatic heterocycles. The zero-order valence-corrected chi connectivity index (χ0v) is 47.5. The molecule has 0 spiro atoms. The van der Waals surface area contributed by atoms with E-state index >= 15 is 0 Å². The zero-order chi connectivity index (χ0) is 51.4. The summed E-state index contributed by atoms with van der Waals surface area (Å²) >= 11 is 0. The standard InChI is InChI=1S/C65H121NO5/c1-3-5-7-9-11-13-15-17-18-19-20-21-22-24-27-30-34-37-41-45-49-53-57-63(68)62(61-67)66-64(69)58-54-50-46-42-38-35-31-28-25-23-26-29-32-36-40-44-48-52-56-60-71-65(70)59-55-51-47-43-39-33-16-14-12-10-8-6-4-2/h14,16,29,32,36,40,53,57,62-63,67-68H,3-13,15,17-28,30-31,33-35,37-39,41-52,54-56,58-61H2,1-2H3,(H,66,69)/b16-14-,32-29-,40-36-,57-53+. The van der Waals surface area contributed by atoms with Crippen LogP contribution in [0.4, 0.5) is 0 Å². The topological polar surface area (TPSA) is 95.9 Å². The van der Waals surface area contributed by atoms with Gasteiger partial charge in [-0.3, -0.25) is 9.59 Å². The molecule has 3 N–H and O–H groups in total. The van der Waals surface area contributed by atoms with Crippen LogP contribution in [0.15, 0.2) is 48.6 Å². The van der Waals surface area contributed by atoms with E-state index in [-0.39, 0.29) is 18.5 Å². The third-order valence-electron chi connectivity index (χ3n) is 14.3. The first-order chi connectivity index (χ1) is 35.0. The molecular weight excluding hydrogens is 875 g/mol. The fourth-order valence-electron chi connectivity index (χ4n) is 9.50. The Morgan fingerprint density at radius 1 is 0.394 bits per heavy atom. The van der Waals surface area contributed by atoms with E-state index in [2.05, 4.69) is 55.6 Å². The third-order valence-corrected chi connectivity index (χ3v) is 14.3. The number of aliphatic hydroxyl groups is 2. The number of esters is 1. The average Bonchev–Trinajstić information content (AvgIpc) is 3.37. The van der Waals surface area contributed by atoms with Crippen LogP contribution < -0.4 is 5.32 Å². The minimum absolute atomic E-state index is 0.0235. The van der Waals surface area contributed by atoms with Crippen molar-refractivity contribution in [1.29, 1.82) is 0 Å². The number of nitrogens with one attached hydrogen (secondary N) is 1. The number of unbranched alkanes of at least 4 members (excludes halogenated alkanes) is 42. The summed E-state index contributed by atoms with van der Waals surface area (Å²) in [5, 5.41) is 23.2. The Balaban J connectivity index is 3.51. The molecule has 2 unspecified atom stereocenters. The van der Waals surface area contributed by atoms with Gasteiger partial charge in [0.1, 0.15) is 0 Å². The van der Waals surface area contributed by atoms with Gasteiger partial charge in [0.2, 0.25) is 5.91 Å². The summed E-state index contributed by atoms with van der Waals surface area (Å²) in [6, 6.07) is -0.638. The second-order valence-electron chi connectivity index (χ2n) is 21.4. The van der Waals surface area contributed by atoms with E-state index in [1.54, 1.807) is 6.08 Å². The lowest BCUT2D eigenvalue weighted by Gasteiger charge is -2.20. The number of rotatable bonds is 58. The van der Waals surface area contributed by atoms with E-state index in [1.807, 2.05) is 6.08 Å². The van der Waals surface area contributed by atoms with Gasteiger partial charge in [-0.15, -0.1) is 0 Å². The molecule has 0 heterocycles. The van der Waals surface area contributed by atoms with Gasteiger partial charge in [0.15, 0.2) is 0 Å². The van der Waals surface area contributed by atoms with Gasteiger partial charge < -0.3 is 20.3 Å². The molecule has 2 atom stereocenters. The summed E-state index contributed by atoms with van der Waals surface area (Å²) in [6.07, 6.45) is 77.2. The second kappa shape index (κ2) is 60.4. The first kappa shape index (κ1) is 68.8. The number of ether oxygens (including phenoxy) is 1. The lowest BCUT2D eigenvalue weighted by molar-refractivity contribution is -0.143. The Labute approximate surface area is 442 Å². The Morgan fingerprint density at radius 3 is 1.10 bits per heavy atom. The summed E-state index contributed by atoms with van der Waals surface area (Å²) < 4.78 is 5.44. The number of aliphatic hydroxyl groups excluding tert-OH is 2. The van der Waals surface area contributed by atoms with Crippen LogP contribution in [0.5, 0.6) is 0 Å². The number of hydrogen-bond donors (Lipinski definition) is 3. The molecule has 6 heteroatoms. The van der Waals surface area contributed by atoms with Crippen molar-refractivity contribution in [2.45, 2.75) is 341 Å². The molecule has 416 valence electrons. The monoisotopic (exact) mass is 996 g/mol. The van der Waals surface area contributed by atoms with Gasteiger partial charge in [0.05, 0.1) is 25.4 Å². The number of carbonyl (C=O) groups is 2. The Kier molecular flexibility index (Phi) is 58.5. The van der Waals surface area contributed by atoms with E-state index in [0.29, 0.717) is 19.4 Å². The van der Waals surface area contributed by atoms with Crippen LogP contribution in [0.3, 0.4) is 0 Å². The molecular formula is C65H121NO5. The smallest absolute Gasteiger partial charge is 0.305 e. The molecule has 0 fully saturated rings. The second-order valence-corrected chi connectivity index (χ2v) is 21.4. The summed E-state index contributed by atoms with van der Waals surface area (Å²) in [7, 11) is 0. The Bertz CT molecular complexity index is 1190. The Morgan fingerprint density at radius 2 is 0.704 bits per heavy atom. The van der Waals surface area contributed by atoms with Crippen molar-refractivity contribution >= 4 is 11.9 Å². The van der Waals surface area contributed by atoms with Crippen molar-refractivity contribution in [3.63, 3.8) is 0 Å². The molecule has 0 aromatic carbocycles. The van der Waals surface area contributed by atoms with Crippen LogP contribution >= 0.6 is 0 Å². The molecule has 1 amide bonds. The average molecular weight is 997 g/mol. The molecule has 6 nitrogen and oxygen atoms in total. The van der Waals surface area contributed by atoms with Crippen molar-refractivity contribution < 1.29 is 24.5 Å². The van der Waals surface area contributed by atoms with Crippen LogP contribution in [0.25, 0.3) is 0 Å². The molecule has 0 saturated carbocycles. The van der Waals surface area contributed by atoms with Crippen molar-refractivity contribution in [2.24, 2.45) is 0 Å². The van der Waals surface area contributed by atoms with Crippen LogP contribution in [0, 0.1) is 0 Å². The highest BCUT2D eigenvalue weighted by Gasteiger charge is 2.18. The SMILES string of the molecule is CCCCCC/C=C\CCCCCCCC(=O)OCCCCC/C=C\C=C/CCCCCCCCCCCCC(=O)NC(CO)C(O)/C=C/CCCCCCCCCCCCCCCCCCCCCC. The molecule has 71 heavy (non-hydrogen) atoms. The maximum Gasteiger partial charge on any atom is 0.305 e. The quantitative estimate of drug-likeness (QED) is 0.0244. The minimum Gasteiger partial charge on any atom is -0.466 e. The predicted octanol–water partition coefficient (Wildman–Crippen LogP) is 19.7. The van der Waals surface area contributed by atoms with E-state index < -0.39 is 12.1 Å². The van der Waals surface area contributed by atoms with Crippen LogP contribution in [0.1, 0.15) is 328 Å². The van der Waals surface area contributed by atoms with Gasteiger partial charge in [-0.25, -0.2) is 0 Å². The van der Waals surface area contributed by atoms with Crippen LogP contribution in [-0.4, -0.2) is 47.4 Å². The molecule has 0 saturated heterocycles. The highest BCUT2D eigenvalue weighted by molar-refractivity contribution is 5.76. The maximum atomic E-state index is 12.5. The number of allylic oxidation sites excluding steroid dienone is 7. The first-order valence-corrected chi connectivity index (χ1v) is 31.4. The van der Waals surface area contributed by atoms with Gasteiger partial charge in [0.25, 0.3) is 0 Å². The summed E-state index contributed by atoms with van der Waals surface area (Å²) in [6.45, 7) is 4.86.